The first-order valence-electron chi connectivity index (χ1n) is 2.86. The molecule has 1 rings (SSSR count). The predicted octanol–water partition coefficient (Wildman–Crippen LogP) is 2.57. The molecule has 0 aliphatic rings. The van der Waals surface area contributed by atoms with E-state index in [9.17, 15) is 0 Å². The number of rotatable bonds is 2. The summed E-state index contributed by atoms with van der Waals surface area (Å²) < 4.78 is 3.57. The Labute approximate surface area is 70.2 Å². The molecule has 0 unspecified atom stereocenters. The standard InChI is InChI=1S/C7H6ClNS/c8-7-3-1-2-6(4-7)5-9-10/h1-4H,5H2. The monoisotopic (exact) mass is 171 g/mol. The van der Waals surface area contributed by atoms with Crippen LogP contribution < -0.4 is 0 Å². The summed E-state index contributed by atoms with van der Waals surface area (Å²) in [5, 5.41) is 0.733. The van der Waals surface area contributed by atoms with Crippen LogP contribution in [0.25, 0.3) is 0 Å². The summed E-state index contributed by atoms with van der Waals surface area (Å²) in [6.45, 7) is 0.565. The minimum atomic E-state index is 0.565. The Morgan fingerprint density at radius 1 is 1.50 bits per heavy atom. The van der Waals surface area contributed by atoms with E-state index >= 15 is 0 Å². The summed E-state index contributed by atoms with van der Waals surface area (Å²) in [6.07, 6.45) is 0. The van der Waals surface area contributed by atoms with E-state index in [-0.39, 0.29) is 0 Å². The number of nitrogens with zero attached hydrogens (tertiary/aromatic N) is 1. The van der Waals surface area contributed by atoms with E-state index in [1.54, 1.807) is 0 Å². The van der Waals surface area contributed by atoms with Crippen LogP contribution >= 0.6 is 11.6 Å². The number of halogens is 1. The van der Waals surface area contributed by atoms with Gasteiger partial charge in [-0.05, 0) is 17.7 Å². The molecule has 52 valence electrons. The molecule has 0 saturated carbocycles. The van der Waals surface area contributed by atoms with Gasteiger partial charge in [0.15, 0.2) is 0 Å². The summed E-state index contributed by atoms with van der Waals surface area (Å²) in [5.74, 6) is 0. The van der Waals surface area contributed by atoms with E-state index in [1.807, 2.05) is 24.3 Å². The van der Waals surface area contributed by atoms with Crippen LogP contribution in [0.1, 0.15) is 5.56 Å². The highest BCUT2D eigenvalue weighted by atomic mass is 35.5. The maximum Gasteiger partial charge on any atom is 0.0771 e. The Hall–Kier alpha value is -0.470. The van der Waals surface area contributed by atoms with Gasteiger partial charge in [0.2, 0.25) is 0 Å². The number of hydrogen-bond acceptors (Lipinski definition) is 2. The molecule has 0 radical (unpaired) electrons. The van der Waals surface area contributed by atoms with Gasteiger partial charge in [0, 0.05) is 17.4 Å². The molecule has 1 aromatic carbocycles. The average molecular weight is 172 g/mol. The van der Waals surface area contributed by atoms with Gasteiger partial charge in [0.05, 0.1) is 6.54 Å². The highest BCUT2D eigenvalue weighted by Crippen LogP contribution is 2.10. The molecule has 10 heavy (non-hydrogen) atoms. The first-order valence-corrected chi connectivity index (χ1v) is 3.61. The van der Waals surface area contributed by atoms with E-state index in [2.05, 4.69) is 16.8 Å². The van der Waals surface area contributed by atoms with Crippen LogP contribution in [-0.2, 0) is 19.0 Å². The second-order valence-electron chi connectivity index (χ2n) is 1.92. The molecular formula is C7H6ClNS. The van der Waals surface area contributed by atoms with Gasteiger partial charge in [0.1, 0.15) is 0 Å². The van der Waals surface area contributed by atoms with Crippen molar-refractivity contribution in [2.45, 2.75) is 6.54 Å². The average Bonchev–Trinajstić information content (AvgIpc) is 1.88. The van der Waals surface area contributed by atoms with E-state index in [1.165, 1.54) is 0 Å². The van der Waals surface area contributed by atoms with Crippen LogP contribution in [0, 0.1) is 0 Å². The normalized spacial score (nSPS) is 9.30. The van der Waals surface area contributed by atoms with Crippen molar-refractivity contribution in [3.05, 3.63) is 34.9 Å². The zero-order chi connectivity index (χ0) is 7.40. The zero-order valence-corrected chi connectivity index (χ0v) is 6.82. The Morgan fingerprint density at radius 2 is 2.30 bits per heavy atom. The van der Waals surface area contributed by atoms with Gasteiger partial charge < -0.3 is 0 Å². The molecule has 0 fully saturated rings. The van der Waals surface area contributed by atoms with Crippen LogP contribution in [0.3, 0.4) is 0 Å². The van der Waals surface area contributed by atoms with E-state index in [0.717, 1.165) is 10.6 Å². The Balaban J connectivity index is 2.84. The molecule has 0 N–H and O–H groups in total. The van der Waals surface area contributed by atoms with Gasteiger partial charge in [-0.1, -0.05) is 23.7 Å². The third-order valence-electron chi connectivity index (χ3n) is 1.14. The van der Waals surface area contributed by atoms with E-state index in [4.69, 9.17) is 11.6 Å². The quantitative estimate of drug-likeness (QED) is 0.667. The second kappa shape index (κ2) is 3.64. The topological polar surface area (TPSA) is 12.4 Å². The summed E-state index contributed by atoms with van der Waals surface area (Å²) in [4.78, 5) is 0. The molecule has 1 aromatic rings. The van der Waals surface area contributed by atoms with Crippen molar-refractivity contribution in [1.29, 1.82) is 0 Å². The minimum Gasteiger partial charge on any atom is -0.215 e. The maximum absolute atomic E-state index is 5.70. The third-order valence-corrected chi connectivity index (χ3v) is 1.50. The Morgan fingerprint density at radius 3 is 2.90 bits per heavy atom. The molecule has 1 nitrogen and oxygen atoms in total. The predicted molar refractivity (Wildman–Crippen MR) is 44.9 cm³/mol. The molecule has 3 heteroatoms. The smallest absolute Gasteiger partial charge is 0.0771 e. The van der Waals surface area contributed by atoms with Crippen molar-refractivity contribution >= 4 is 24.0 Å². The van der Waals surface area contributed by atoms with Crippen LogP contribution in [0.4, 0.5) is 0 Å². The van der Waals surface area contributed by atoms with E-state index in [0.29, 0.717) is 6.54 Å². The summed E-state index contributed by atoms with van der Waals surface area (Å²) in [7, 11) is 0. The molecule has 0 aromatic heterocycles. The van der Waals surface area contributed by atoms with Gasteiger partial charge in [-0.3, -0.25) is 0 Å². The summed E-state index contributed by atoms with van der Waals surface area (Å²) >= 11 is 10.2. The zero-order valence-electron chi connectivity index (χ0n) is 5.25. The van der Waals surface area contributed by atoms with Crippen molar-refractivity contribution in [2.75, 3.05) is 0 Å². The highest BCUT2D eigenvalue weighted by molar-refractivity contribution is 7.47. The molecule has 0 aliphatic carbocycles. The van der Waals surface area contributed by atoms with Crippen LogP contribution in [0.5, 0.6) is 0 Å². The molecule has 0 heterocycles. The molecule has 0 amide bonds. The van der Waals surface area contributed by atoms with Crippen molar-refractivity contribution in [1.82, 2.24) is 0 Å². The largest absolute Gasteiger partial charge is 0.215 e. The van der Waals surface area contributed by atoms with Gasteiger partial charge in [0.25, 0.3) is 0 Å². The fraction of sp³-hybridized carbons (Fsp3) is 0.143. The minimum absolute atomic E-state index is 0.565. The lowest BCUT2D eigenvalue weighted by atomic mass is 10.2. The van der Waals surface area contributed by atoms with Gasteiger partial charge in [-0.15, -0.1) is 0 Å². The van der Waals surface area contributed by atoms with Gasteiger partial charge in [-0.2, -0.15) is 0 Å². The van der Waals surface area contributed by atoms with Gasteiger partial charge in [-0.25, -0.2) is 4.36 Å². The first kappa shape index (κ1) is 7.63. The van der Waals surface area contributed by atoms with Crippen molar-refractivity contribution in [3.8, 4) is 0 Å². The molecule has 0 aliphatic heterocycles. The van der Waals surface area contributed by atoms with Crippen molar-refractivity contribution < 1.29 is 0 Å². The SMILES string of the molecule is S=NCc1cccc(Cl)c1. The van der Waals surface area contributed by atoms with Crippen molar-refractivity contribution in [3.63, 3.8) is 0 Å². The van der Waals surface area contributed by atoms with Crippen LogP contribution in [-0.4, -0.2) is 0 Å². The lowest BCUT2D eigenvalue weighted by molar-refractivity contribution is 1.10. The maximum atomic E-state index is 5.70. The second-order valence-corrected chi connectivity index (χ2v) is 2.61. The lowest BCUT2D eigenvalue weighted by Crippen LogP contribution is -1.77. The first-order chi connectivity index (χ1) is 4.83. The molecule has 0 atom stereocenters. The van der Waals surface area contributed by atoms with Crippen molar-refractivity contribution in [2.24, 2.45) is 4.36 Å². The summed E-state index contributed by atoms with van der Waals surface area (Å²) in [5.41, 5.74) is 1.06. The fourth-order valence-corrected chi connectivity index (χ4v) is 1.07. The van der Waals surface area contributed by atoms with Gasteiger partial charge >= 0.3 is 0 Å². The Kier molecular flexibility index (Phi) is 2.78. The van der Waals surface area contributed by atoms with Crippen LogP contribution in [0.15, 0.2) is 28.6 Å². The third kappa shape index (κ3) is 2.05. The van der Waals surface area contributed by atoms with Crippen LogP contribution in [0.2, 0.25) is 5.02 Å². The molecule has 0 bridgehead atoms. The summed E-state index contributed by atoms with van der Waals surface area (Å²) in [6, 6.07) is 7.52. The fourth-order valence-electron chi connectivity index (χ4n) is 0.710. The molecular weight excluding hydrogens is 166 g/mol. The number of hydrogen-bond donors (Lipinski definition) is 0. The lowest BCUT2D eigenvalue weighted by Gasteiger charge is -1.93. The Bertz CT molecular complexity index is 237. The molecule has 0 saturated heterocycles. The van der Waals surface area contributed by atoms with E-state index < -0.39 is 0 Å². The molecule has 0 spiro atoms. The number of benzene rings is 1. The highest BCUT2D eigenvalue weighted by Gasteiger charge is 1.90.